The highest BCUT2D eigenvalue weighted by Gasteiger charge is 2.34. The molecule has 1 unspecified atom stereocenters. The van der Waals surface area contributed by atoms with Crippen LogP contribution in [-0.2, 0) is 11.1 Å². The monoisotopic (exact) mass is 552 g/mol. The number of rotatable bonds is 7. The average Bonchev–Trinajstić information content (AvgIpc) is 2.80. The van der Waals surface area contributed by atoms with Gasteiger partial charge < -0.3 is 14.7 Å². The Kier molecular flexibility index (Phi) is 7.70. The molecule has 0 saturated carbocycles. The quantitative estimate of drug-likeness (QED) is 0.288. The summed E-state index contributed by atoms with van der Waals surface area (Å²) >= 11 is 19.4. The summed E-state index contributed by atoms with van der Waals surface area (Å²) in [6.07, 6.45) is 0.965. The van der Waals surface area contributed by atoms with Crippen LogP contribution < -0.4 is 14.7 Å². The molecule has 2 amide bonds. The van der Waals surface area contributed by atoms with E-state index in [1.807, 2.05) is 32.0 Å². The number of fused-ring (bicyclic) bond motifs is 1. The zero-order chi connectivity index (χ0) is 25.3. The summed E-state index contributed by atoms with van der Waals surface area (Å²) in [7, 11) is -4.01. The van der Waals surface area contributed by atoms with Crippen molar-refractivity contribution in [3.05, 3.63) is 75.2 Å². The molecule has 10 heteroatoms. The summed E-state index contributed by atoms with van der Waals surface area (Å²) in [4.78, 5) is 25.2. The maximum atomic E-state index is 13.1. The second-order valence-electron chi connectivity index (χ2n) is 8.14. The van der Waals surface area contributed by atoms with Crippen molar-refractivity contribution in [2.45, 2.75) is 38.9 Å². The molecule has 0 saturated heterocycles. The van der Waals surface area contributed by atoms with Crippen LogP contribution in [0.3, 0.4) is 0 Å². The molecule has 0 radical (unpaired) electrons. The predicted molar refractivity (Wildman–Crippen MR) is 143 cm³/mol. The van der Waals surface area contributed by atoms with Crippen molar-refractivity contribution in [1.82, 2.24) is 5.32 Å². The van der Waals surface area contributed by atoms with Crippen LogP contribution in [0.1, 0.15) is 32.3 Å². The van der Waals surface area contributed by atoms with E-state index in [2.05, 4.69) is 5.32 Å². The molecule has 6 nitrogen and oxygen atoms in total. The topological polar surface area (TPSA) is 78.9 Å². The maximum absolute atomic E-state index is 13.1. The minimum Gasteiger partial charge on any atom is -0.424 e. The number of carbonyl (C=O) groups is 1. The molecule has 2 N–H and O–H groups in total. The van der Waals surface area contributed by atoms with Crippen molar-refractivity contribution in [3.8, 4) is 16.9 Å². The predicted octanol–water partition coefficient (Wildman–Crippen LogP) is 8.43. The van der Waals surface area contributed by atoms with Crippen molar-refractivity contribution in [2.75, 3.05) is 4.90 Å². The number of hydrogen-bond donors (Lipinski definition) is 2. The van der Waals surface area contributed by atoms with Gasteiger partial charge in [-0.15, -0.1) is 0 Å². The van der Waals surface area contributed by atoms with E-state index in [9.17, 15) is 14.3 Å². The van der Waals surface area contributed by atoms with Crippen molar-refractivity contribution in [3.63, 3.8) is 0 Å². The molecular formula is C25H24Cl3N2O4P. The van der Waals surface area contributed by atoms with Gasteiger partial charge in [-0.1, -0.05) is 72.9 Å². The van der Waals surface area contributed by atoms with Gasteiger partial charge in [-0.25, -0.2) is 9.36 Å². The highest BCUT2D eigenvalue weighted by atomic mass is 35.5. The van der Waals surface area contributed by atoms with Crippen molar-refractivity contribution in [1.29, 1.82) is 0 Å². The Morgan fingerprint density at radius 3 is 2.26 bits per heavy atom. The van der Waals surface area contributed by atoms with Gasteiger partial charge in [0.05, 0.1) is 27.1 Å². The van der Waals surface area contributed by atoms with Gasteiger partial charge in [0.1, 0.15) is 5.75 Å². The molecule has 4 rings (SSSR count). The lowest BCUT2D eigenvalue weighted by Gasteiger charge is -2.33. The van der Waals surface area contributed by atoms with E-state index >= 15 is 0 Å². The lowest BCUT2D eigenvalue weighted by molar-refractivity contribution is 0.247. The lowest BCUT2D eigenvalue weighted by Crippen LogP contribution is -2.41. The largest absolute Gasteiger partial charge is 0.424 e. The van der Waals surface area contributed by atoms with E-state index in [-0.39, 0.29) is 22.3 Å². The number of urea groups is 1. The number of carbonyl (C=O) groups excluding carboxylic acids is 1. The van der Waals surface area contributed by atoms with Gasteiger partial charge in [-0.3, -0.25) is 4.90 Å². The Morgan fingerprint density at radius 1 is 1.00 bits per heavy atom. The van der Waals surface area contributed by atoms with E-state index in [0.717, 1.165) is 5.56 Å². The first-order valence-corrected chi connectivity index (χ1v) is 13.9. The fourth-order valence-corrected chi connectivity index (χ4v) is 6.53. The minimum atomic E-state index is -4.01. The zero-order valence-corrected chi connectivity index (χ0v) is 22.3. The van der Waals surface area contributed by atoms with Crippen LogP contribution >= 0.6 is 42.4 Å². The minimum absolute atomic E-state index is 0.138. The van der Waals surface area contributed by atoms with Gasteiger partial charge in [0.25, 0.3) is 0 Å². The molecule has 35 heavy (non-hydrogen) atoms. The number of amides is 2. The van der Waals surface area contributed by atoms with Gasteiger partial charge in [0, 0.05) is 28.8 Å². The summed E-state index contributed by atoms with van der Waals surface area (Å²) in [5, 5.41) is 3.89. The molecule has 0 bridgehead atoms. The van der Waals surface area contributed by atoms with Crippen LogP contribution in [0.4, 0.5) is 16.2 Å². The highest BCUT2D eigenvalue weighted by molar-refractivity contribution is 7.54. The summed E-state index contributed by atoms with van der Waals surface area (Å²) in [6.45, 7) is 3.89. The Balaban J connectivity index is 1.97. The van der Waals surface area contributed by atoms with Gasteiger partial charge >= 0.3 is 13.6 Å². The van der Waals surface area contributed by atoms with Gasteiger partial charge in [0.2, 0.25) is 0 Å². The smallest absolute Gasteiger partial charge is 0.379 e. The molecule has 1 aliphatic rings. The molecule has 0 aromatic heterocycles. The van der Waals surface area contributed by atoms with E-state index in [1.165, 1.54) is 4.90 Å². The third kappa shape index (κ3) is 5.04. The van der Waals surface area contributed by atoms with Crippen molar-refractivity contribution < 1.29 is 18.8 Å². The fraction of sp³-hybridized carbons (Fsp3) is 0.240. The maximum Gasteiger partial charge on any atom is 0.379 e. The standard InChI is InChI=1S/C25H24Cl3N2O4P/c1-3-16(4-2)35(32,33)34-15-12-18(17-8-5-6-9-20(17)26)19-14-29-25(31)30(23(19)13-15)24-21(27)10-7-11-22(24)28/h5-13,16H,3-4,14H2,1-2H3,(H,29,31)(H,32,33). The van der Waals surface area contributed by atoms with Crippen LogP contribution in [0.15, 0.2) is 54.6 Å². The summed E-state index contributed by atoms with van der Waals surface area (Å²) in [6, 6.07) is 15.0. The number of para-hydroxylation sites is 1. The second kappa shape index (κ2) is 10.4. The SMILES string of the molecule is CCC(CC)P(=O)(O)Oc1cc(-c2ccccc2Cl)c2c(c1)N(c1c(Cl)cccc1Cl)C(=O)NC2. The van der Waals surface area contributed by atoms with E-state index in [1.54, 1.807) is 36.4 Å². The molecule has 1 aliphatic heterocycles. The van der Waals surface area contributed by atoms with Crippen LogP contribution in [-0.4, -0.2) is 16.6 Å². The molecule has 0 fully saturated rings. The molecule has 184 valence electrons. The van der Waals surface area contributed by atoms with E-state index in [4.69, 9.17) is 39.3 Å². The average molecular weight is 554 g/mol. The lowest BCUT2D eigenvalue weighted by atomic mass is 9.95. The first kappa shape index (κ1) is 25.9. The third-order valence-electron chi connectivity index (χ3n) is 6.03. The Labute approximate surface area is 219 Å². The number of nitrogens with one attached hydrogen (secondary N) is 1. The number of anilines is 2. The molecule has 3 aromatic carbocycles. The van der Waals surface area contributed by atoms with Gasteiger partial charge in [0.15, 0.2) is 0 Å². The highest BCUT2D eigenvalue weighted by Crippen LogP contribution is 2.53. The summed E-state index contributed by atoms with van der Waals surface area (Å²) in [5.41, 5.74) is 2.27. The van der Waals surface area contributed by atoms with E-state index in [0.29, 0.717) is 40.4 Å². The normalized spacial score (nSPS) is 14.9. The van der Waals surface area contributed by atoms with Crippen LogP contribution in [0, 0.1) is 0 Å². The first-order valence-electron chi connectivity index (χ1n) is 11.1. The molecule has 0 aliphatic carbocycles. The summed E-state index contributed by atoms with van der Waals surface area (Å²) < 4.78 is 18.9. The van der Waals surface area contributed by atoms with Gasteiger partial charge in [-0.05, 0) is 42.7 Å². The number of nitrogens with zero attached hydrogens (tertiary/aromatic N) is 1. The molecule has 0 spiro atoms. The molecule has 3 aromatic rings. The van der Waals surface area contributed by atoms with Crippen LogP contribution in [0.25, 0.3) is 11.1 Å². The number of hydrogen-bond acceptors (Lipinski definition) is 3. The Hall–Kier alpha value is -2.21. The Morgan fingerprint density at radius 2 is 1.63 bits per heavy atom. The number of halogens is 3. The molecule has 1 heterocycles. The zero-order valence-electron chi connectivity index (χ0n) is 19.1. The molecular weight excluding hydrogens is 530 g/mol. The van der Waals surface area contributed by atoms with Crippen molar-refractivity contribution in [2.24, 2.45) is 0 Å². The van der Waals surface area contributed by atoms with Crippen LogP contribution in [0.5, 0.6) is 5.75 Å². The first-order chi connectivity index (χ1) is 16.7. The second-order valence-corrected chi connectivity index (χ2v) is 11.4. The van der Waals surface area contributed by atoms with Gasteiger partial charge in [-0.2, -0.15) is 0 Å². The Bertz CT molecular complexity index is 1310. The van der Waals surface area contributed by atoms with Crippen molar-refractivity contribution >= 4 is 59.8 Å². The molecule has 1 atom stereocenters. The summed E-state index contributed by atoms with van der Waals surface area (Å²) in [5.74, 6) is 0.138. The number of benzene rings is 3. The third-order valence-corrected chi connectivity index (χ3v) is 9.09. The van der Waals surface area contributed by atoms with E-state index < -0.39 is 19.3 Å². The van der Waals surface area contributed by atoms with Crippen LogP contribution in [0.2, 0.25) is 15.1 Å². The fourth-order valence-electron chi connectivity index (χ4n) is 4.24.